The molecule has 180 valence electrons. The molecule has 2 aromatic rings. The zero-order valence-electron chi connectivity index (χ0n) is 18.7. The number of nitrogens with one attached hydrogen (secondary N) is 1. The van der Waals surface area contributed by atoms with Gasteiger partial charge < -0.3 is 5.32 Å². The van der Waals surface area contributed by atoms with Crippen molar-refractivity contribution in [3.05, 3.63) is 66.2 Å². The van der Waals surface area contributed by atoms with E-state index in [1.165, 1.54) is 12.1 Å². The summed E-state index contributed by atoms with van der Waals surface area (Å²) in [6.07, 6.45) is -1.42. The minimum absolute atomic E-state index is 0.0744. The van der Waals surface area contributed by atoms with Gasteiger partial charge in [-0.2, -0.15) is 13.2 Å². The molecule has 9 heteroatoms. The summed E-state index contributed by atoms with van der Waals surface area (Å²) < 4.78 is 41.6. The molecule has 6 nitrogen and oxygen atoms in total. The summed E-state index contributed by atoms with van der Waals surface area (Å²) in [5.74, 6) is -1.43. The van der Waals surface area contributed by atoms with E-state index in [4.69, 9.17) is 0 Å². The van der Waals surface area contributed by atoms with Crippen molar-refractivity contribution in [2.45, 2.75) is 18.6 Å². The molecule has 0 radical (unpaired) electrons. The van der Waals surface area contributed by atoms with E-state index in [0.717, 1.165) is 17.0 Å². The maximum atomic E-state index is 13.9. The van der Waals surface area contributed by atoms with Gasteiger partial charge in [0.15, 0.2) is 0 Å². The average molecular weight is 473 g/mol. The van der Waals surface area contributed by atoms with Gasteiger partial charge in [0.2, 0.25) is 11.8 Å². The van der Waals surface area contributed by atoms with Crippen LogP contribution >= 0.6 is 0 Å². The third kappa shape index (κ3) is 5.84. The summed E-state index contributed by atoms with van der Waals surface area (Å²) >= 11 is 0. The maximum Gasteiger partial charge on any atom is 0.409 e. The van der Waals surface area contributed by atoms with Crippen LogP contribution in [0.2, 0.25) is 0 Å². The molecule has 0 aliphatic carbocycles. The molecule has 2 aliphatic rings. The fourth-order valence-corrected chi connectivity index (χ4v) is 4.30. The minimum Gasteiger partial charge on any atom is -0.324 e. The first kappa shape index (κ1) is 24.0. The zero-order valence-corrected chi connectivity index (χ0v) is 18.7. The second-order valence-electron chi connectivity index (χ2n) is 8.48. The van der Waals surface area contributed by atoms with Gasteiger partial charge in [-0.25, -0.2) is 0 Å². The molecule has 2 aromatic carbocycles. The van der Waals surface area contributed by atoms with Crippen molar-refractivity contribution in [2.24, 2.45) is 0 Å². The number of anilines is 2. The fraction of sp³-hybridized carbons (Fsp3) is 0.360. The van der Waals surface area contributed by atoms with Gasteiger partial charge in [0, 0.05) is 32.7 Å². The Bertz CT molecular complexity index is 1030. The van der Waals surface area contributed by atoms with Gasteiger partial charge in [-0.1, -0.05) is 54.6 Å². The lowest BCUT2D eigenvalue weighted by atomic mass is 10.1. The Morgan fingerprint density at radius 2 is 1.62 bits per heavy atom. The number of para-hydroxylation sites is 2. The molecule has 0 saturated carbocycles. The van der Waals surface area contributed by atoms with E-state index >= 15 is 0 Å². The summed E-state index contributed by atoms with van der Waals surface area (Å²) in [4.78, 5) is 30.1. The number of benzene rings is 2. The number of hydrogen-bond acceptors (Lipinski definition) is 4. The number of halogens is 3. The molecule has 2 heterocycles. The van der Waals surface area contributed by atoms with Crippen LogP contribution in [-0.2, 0) is 9.59 Å². The standard InChI is InChI=1S/C25H27F3N4O2/c26-25(27,28)22-17-23(33)29-20-10-4-5-11-21(20)32(22)24(34)18-31-15-13-30(14-16-31)12-6-9-19-7-2-1-3-8-19/h1-11,22H,12-18H2,(H,29,33)/b9-6+. The van der Waals surface area contributed by atoms with Crippen molar-refractivity contribution in [3.8, 4) is 0 Å². The number of amides is 2. The Morgan fingerprint density at radius 3 is 2.32 bits per heavy atom. The van der Waals surface area contributed by atoms with Crippen LogP contribution in [0.15, 0.2) is 60.7 Å². The molecule has 2 amide bonds. The van der Waals surface area contributed by atoms with Gasteiger partial charge in [-0.15, -0.1) is 0 Å². The van der Waals surface area contributed by atoms with Crippen LogP contribution in [0.4, 0.5) is 24.5 Å². The molecule has 4 rings (SSSR count). The average Bonchev–Trinajstić information content (AvgIpc) is 2.96. The van der Waals surface area contributed by atoms with Gasteiger partial charge in [0.1, 0.15) is 6.04 Å². The van der Waals surface area contributed by atoms with E-state index in [2.05, 4.69) is 22.4 Å². The topological polar surface area (TPSA) is 55.9 Å². The summed E-state index contributed by atoms with van der Waals surface area (Å²) in [5.41, 5.74) is 1.41. The first-order valence-electron chi connectivity index (χ1n) is 11.3. The molecule has 1 fully saturated rings. The quantitative estimate of drug-likeness (QED) is 0.722. The van der Waals surface area contributed by atoms with Gasteiger partial charge in [-0.3, -0.25) is 24.3 Å². The lowest BCUT2D eigenvalue weighted by Crippen LogP contribution is -2.54. The smallest absolute Gasteiger partial charge is 0.324 e. The van der Waals surface area contributed by atoms with E-state index in [0.29, 0.717) is 26.2 Å². The van der Waals surface area contributed by atoms with Crippen molar-refractivity contribution < 1.29 is 22.8 Å². The Hall–Kier alpha value is -3.17. The van der Waals surface area contributed by atoms with Crippen LogP contribution in [0, 0.1) is 0 Å². The van der Waals surface area contributed by atoms with E-state index < -0.39 is 30.5 Å². The van der Waals surface area contributed by atoms with Gasteiger partial charge >= 0.3 is 6.18 Å². The van der Waals surface area contributed by atoms with Crippen LogP contribution in [0.25, 0.3) is 6.08 Å². The highest BCUT2D eigenvalue weighted by atomic mass is 19.4. The number of carbonyl (C=O) groups excluding carboxylic acids is 2. The normalized spacial score (nSPS) is 20.1. The van der Waals surface area contributed by atoms with Gasteiger partial charge in [0.05, 0.1) is 24.3 Å². The predicted octanol–water partition coefficient (Wildman–Crippen LogP) is 3.62. The summed E-state index contributed by atoms with van der Waals surface area (Å²) in [6.45, 7) is 3.21. The Kier molecular flexibility index (Phi) is 7.33. The maximum absolute atomic E-state index is 13.9. The highest BCUT2D eigenvalue weighted by Crippen LogP contribution is 2.37. The summed E-state index contributed by atoms with van der Waals surface area (Å²) in [6, 6.07) is 13.9. The van der Waals surface area contributed by atoms with E-state index in [1.807, 2.05) is 35.2 Å². The molecule has 0 spiro atoms. The van der Waals surface area contributed by atoms with Crippen molar-refractivity contribution in [2.75, 3.05) is 49.5 Å². The second kappa shape index (κ2) is 10.4. The molecule has 34 heavy (non-hydrogen) atoms. The Labute approximate surface area is 196 Å². The van der Waals surface area contributed by atoms with E-state index in [-0.39, 0.29) is 17.9 Å². The monoisotopic (exact) mass is 472 g/mol. The Morgan fingerprint density at radius 1 is 0.971 bits per heavy atom. The molecular weight excluding hydrogens is 445 g/mol. The molecule has 2 aliphatic heterocycles. The largest absolute Gasteiger partial charge is 0.409 e. The highest BCUT2D eigenvalue weighted by Gasteiger charge is 2.49. The van der Waals surface area contributed by atoms with Crippen molar-refractivity contribution >= 4 is 29.3 Å². The molecule has 1 saturated heterocycles. The molecule has 1 atom stereocenters. The molecule has 0 bridgehead atoms. The van der Waals surface area contributed by atoms with Crippen molar-refractivity contribution in [3.63, 3.8) is 0 Å². The predicted molar refractivity (Wildman–Crippen MR) is 125 cm³/mol. The van der Waals surface area contributed by atoms with Crippen LogP contribution in [0.5, 0.6) is 0 Å². The number of hydrogen-bond donors (Lipinski definition) is 1. The summed E-state index contributed by atoms with van der Waals surface area (Å²) in [5, 5.41) is 2.49. The van der Waals surface area contributed by atoms with Crippen molar-refractivity contribution in [1.29, 1.82) is 0 Å². The lowest BCUT2D eigenvalue weighted by molar-refractivity contribution is -0.158. The molecular formula is C25H27F3N4O2. The second-order valence-corrected chi connectivity index (χ2v) is 8.48. The number of piperazine rings is 1. The number of alkyl halides is 3. The van der Waals surface area contributed by atoms with Crippen molar-refractivity contribution in [1.82, 2.24) is 9.80 Å². The van der Waals surface area contributed by atoms with E-state index in [1.54, 1.807) is 12.1 Å². The molecule has 0 aromatic heterocycles. The highest BCUT2D eigenvalue weighted by molar-refractivity contribution is 6.05. The minimum atomic E-state index is -4.73. The summed E-state index contributed by atoms with van der Waals surface area (Å²) in [7, 11) is 0. The zero-order chi connectivity index (χ0) is 24.1. The number of carbonyl (C=O) groups is 2. The molecule has 1 unspecified atom stereocenters. The van der Waals surface area contributed by atoms with E-state index in [9.17, 15) is 22.8 Å². The number of nitrogens with zero attached hydrogens (tertiary/aromatic N) is 3. The third-order valence-electron chi connectivity index (χ3n) is 6.07. The Balaban J connectivity index is 1.39. The molecule has 1 N–H and O–H groups in total. The van der Waals surface area contributed by atoms with Crippen LogP contribution < -0.4 is 10.2 Å². The fourth-order valence-electron chi connectivity index (χ4n) is 4.30. The lowest BCUT2D eigenvalue weighted by Gasteiger charge is -2.36. The first-order chi connectivity index (χ1) is 16.3. The van der Waals surface area contributed by atoms with Crippen LogP contribution in [-0.4, -0.2) is 73.1 Å². The number of fused-ring (bicyclic) bond motifs is 1. The first-order valence-corrected chi connectivity index (χ1v) is 11.3. The van der Waals surface area contributed by atoms with Gasteiger partial charge in [0.25, 0.3) is 0 Å². The van der Waals surface area contributed by atoms with Gasteiger partial charge in [-0.05, 0) is 17.7 Å². The van der Waals surface area contributed by atoms with Crippen LogP contribution in [0.1, 0.15) is 12.0 Å². The van der Waals surface area contributed by atoms with Crippen LogP contribution in [0.3, 0.4) is 0 Å². The number of rotatable bonds is 5. The third-order valence-corrected chi connectivity index (χ3v) is 6.07. The SMILES string of the molecule is O=C1CC(C(F)(F)F)N(C(=O)CN2CCN(C/C=C/c3ccccc3)CC2)c2ccccc2N1.